The van der Waals surface area contributed by atoms with E-state index in [1.54, 1.807) is 48.5 Å². The van der Waals surface area contributed by atoms with E-state index in [4.69, 9.17) is 15.7 Å². The maximum Gasteiger partial charge on any atom is 0.241 e. The molecule has 1 unspecified atom stereocenters. The van der Waals surface area contributed by atoms with E-state index in [9.17, 15) is 4.79 Å². The van der Waals surface area contributed by atoms with Crippen LogP contribution in [-0.2, 0) is 4.79 Å². The van der Waals surface area contributed by atoms with Crippen LogP contribution >= 0.6 is 0 Å². The number of benzene rings is 2. The maximum absolute atomic E-state index is 11.8. The third kappa shape index (κ3) is 4.08. The van der Waals surface area contributed by atoms with Gasteiger partial charge in [0.15, 0.2) is 0 Å². The molecule has 0 radical (unpaired) electrons. The minimum absolute atomic E-state index is 0.230. The lowest BCUT2D eigenvalue weighted by molar-refractivity contribution is -0.117. The SMILES string of the molecule is CCC(N)C(=O)Nc1cccc(Oc2cccc(C#N)c2)c1. The van der Waals surface area contributed by atoms with Gasteiger partial charge in [0, 0.05) is 11.8 Å². The minimum Gasteiger partial charge on any atom is -0.457 e. The summed E-state index contributed by atoms with van der Waals surface area (Å²) in [7, 11) is 0. The molecule has 5 nitrogen and oxygen atoms in total. The quantitative estimate of drug-likeness (QED) is 0.887. The van der Waals surface area contributed by atoms with Crippen molar-refractivity contribution in [2.45, 2.75) is 19.4 Å². The Bertz CT molecular complexity index is 707. The molecule has 5 heteroatoms. The van der Waals surface area contributed by atoms with Crippen LogP contribution in [0.4, 0.5) is 5.69 Å². The summed E-state index contributed by atoms with van der Waals surface area (Å²) in [5.74, 6) is 0.900. The number of hydrogen-bond donors (Lipinski definition) is 2. The van der Waals surface area contributed by atoms with Crippen LogP contribution < -0.4 is 15.8 Å². The van der Waals surface area contributed by atoms with Gasteiger partial charge >= 0.3 is 0 Å². The zero-order valence-corrected chi connectivity index (χ0v) is 12.2. The van der Waals surface area contributed by atoms with Crippen molar-refractivity contribution in [2.24, 2.45) is 5.73 Å². The van der Waals surface area contributed by atoms with Crippen LogP contribution in [0.25, 0.3) is 0 Å². The number of nitriles is 1. The Balaban J connectivity index is 2.11. The molecule has 2 aromatic rings. The Morgan fingerprint density at radius 1 is 1.27 bits per heavy atom. The van der Waals surface area contributed by atoms with E-state index in [-0.39, 0.29) is 5.91 Å². The fourth-order valence-electron chi connectivity index (χ4n) is 1.82. The molecule has 0 saturated carbocycles. The van der Waals surface area contributed by atoms with Gasteiger partial charge < -0.3 is 15.8 Å². The van der Waals surface area contributed by atoms with Crippen LogP contribution in [0.2, 0.25) is 0 Å². The molecule has 0 heterocycles. The van der Waals surface area contributed by atoms with Gasteiger partial charge in [-0.15, -0.1) is 0 Å². The summed E-state index contributed by atoms with van der Waals surface area (Å²) in [6.07, 6.45) is 0.572. The molecule has 0 spiro atoms. The van der Waals surface area contributed by atoms with E-state index in [2.05, 4.69) is 11.4 Å². The molecule has 0 aromatic heterocycles. The van der Waals surface area contributed by atoms with Gasteiger partial charge in [0.25, 0.3) is 0 Å². The zero-order chi connectivity index (χ0) is 15.9. The van der Waals surface area contributed by atoms with Crippen molar-refractivity contribution in [3.8, 4) is 17.6 Å². The molecule has 112 valence electrons. The normalized spacial score (nSPS) is 11.3. The topological polar surface area (TPSA) is 88.1 Å². The lowest BCUT2D eigenvalue weighted by Gasteiger charge is -2.11. The average molecular weight is 295 g/mol. The standard InChI is InChI=1S/C17H17N3O2/c1-2-16(19)17(21)20-13-6-4-8-15(10-13)22-14-7-3-5-12(9-14)11-18/h3-10,16H,2,19H2,1H3,(H,20,21). The Morgan fingerprint density at radius 3 is 2.64 bits per heavy atom. The Kier molecular flexibility index (Phi) is 5.12. The Labute approximate surface area is 129 Å². The highest BCUT2D eigenvalue weighted by molar-refractivity contribution is 5.94. The van der Waals surface area contributed by atoms with Crippen molar-refractivity contribution in [3.05, 3.63) is 54.1 Å². The highest BCUT2D eigenvalue weighted by Crippen LogP contribution is 2.24. The van der Waals surface area contributed by atoms with Gasteiger partial charge in [-0.1, -0.05) is 19.1 Å². The van der Waals surface area contributed by atoms with Crippen LogP contribution in [-0.4, -0.2) is 11.9 Å². The van der Waals surface area contributed by atoms with Gasteiger partial charge in [0.1, 0.15) is 11.5 Å². The molecular formula is C17H17N3O2. The molecule has 1 atom stereocenters. The molecular weight excluding hydrogens is 278 g/mol. The van der Waals surface area contributed by atoms with Crippen molar-refractivity contribution in [1.82, 2.24) is 0 Å². The number of rotatable bonds is 5. The third-order valence-corrected chi connectivity index (χ3v) is 3.08. The van der Waals surface area contributed by atoms with Gasteiger partial charge in [-0.3, -0.25) is 4.79 Å². The molecule has 0 fully saturated rings. The van der Waals surface area contributed by atoms with E-state index in [1.807, 2.05) is 6.92 Å². The first kappa shape index (κ1) is 15.5. The largest absolute Gasteiger partial charge is 0.457 e. The summed E-state index contributed by atoms with van der Waals surface area (Å²) in [5.41, 5.74) is 6.82. The highest BCUT2D eigenvalue weighted by Gasteiger charge is 2.11. The maximum atomic E-state index is 11.8. The van der Waals surface area contributed by atoms with E-state index in [1.165, 1.54) is 0 Å². The first-order chi connectivity index (χ1) is 10.6. The van der Waals surface area contributed by atoms with Crippen molar-refractivity contribution in [2.75, 3.05) is 5.32 Å². The number of hydrogen-bond acceptors (Lipinski definition) is 4. The van der Waals surface area contributed by atoms with Crippen molar-refractivity contribution < 1.29 is 9.53 Å². The molecule has 1 amide bonds. The lowest BCUT2D eigenvalue weighted by atomic mass is 10.2. The van der Waals surface area contributed by atoms with Gasteiger partial charge in [-0.25, -0.2) is 0 Å². The number of ether oxygens (including phenoxy) is 1. The van der Waals surface area contributed by atoms with Crippen LogP contribution in [0, 0.1) is 11.3 Å². The summed E-state index contributed by atoms with van der Waals surface area (Å²) < 4.78 is 5.70. The predicted molar refractivity (Wildman–Crippen MR) is 84.6 cm³/mol. The van der Waals surface area contributed by atoms with Crippen LogP contribution in [0.5, 0.6) is 11.5 Å². The highest BCUT2D eigenvalue weighted by atomic mass is 16.5. The molecule has 2 rings (SSSR count). The molecule has 0 saturated heterocycles. The van der Waals surface area contributed by atoms with Gasteiger partial charge in [0.2, 0.25) is 5.91 Å². The average Bonchev–Trinajstić information content (AvgIpc) is 2.54. The minimum atomic E-state index is -0.531. The van der Waals surface area contributed by atoms with Crippen LogP contribution in [0.3, 0.4) is 0 Å². The number of carbonyl (C=O) groups excluding carboxylic acids is 1. The second kappa shape index (κ2) is 7.25. The summed E-state index contributed by atoms with van der Waals surface area (Å²) in [4.78, 5) is 11.8. The Morgan fingerprint density at radius 2 is 1.95 bits per heavy atom. The first-order valence-electron chi connectivity index (χ1n) is 6.97. The monoisotopic (exact) mass is 295 g/mol. The van der Waals surface area contributed by atoms with E-state index in [0.717, 1.165) is 0 Å². The number of anilines is 1. The number of nitrogens with zero attached hydrogens (tertiary/aromatic N) is 1. The molecule has 3 N–H and O–H groups in total. The summed E-state index contributed by atoms with van der Waals surface area (Å²) in [6.45, 7) is 1.85. The summed E-state index contributed by atoms with van der Waals surface area (Å²) >= 11 is 0. The van der Waals surface area contributed by atoms with Crippen LogP contribution in [0.15, 0.2) is 48.5 Å². The number of carbonyl (C=O) groups is 1. The third-order valence-electron chi connectivity index (χ3n) is 3.08. The van der Waals surface area contributed by atoms with E-state index < -0.39 is 6.04 Å². The molecule has 2 aromatic carbocycles. The Hall–Kier alpha value is -2.84. The number of nitrogens with two attached hydrogens (primary N) is 1. The molecule has 0 aliphatic carbocycles. The predicted octanol–water partition coefficient (Wildman–Crippen LogP) is 3.03. The molecule has 0 aliphatic rings. The fraction of sp³-hybridized carbons (Fsp3) is 0.176. The summed E-state index contributed by atoms with van der Waals surface area (Å²) in [6, 6.07) is 15.4. The van der Waals surface area contributed by atoms with Crippen molar-refractivity contribution >= 4 is 11.6 Å². The zero-order valence-electron chi connectivity index (χ0n) is 12.2. The molecule has 22 heavy (non-hydrogen) atoms. The van der Waals surface area contributed by atoms with Gasteiger partial charge in [-0.05, 0) is 36.8 Å². The fourth-order valence-corrected chi connectivity index (χ4v) is 1.82. The number of amides is 1. The summed E-state index contributed by atoms with van der Waals surface area (Å²) in [5, 5.41) is 11.6. The van der Waals surface area contributed by atoms with Crippen molar-refractivity contribution in [3.63, 3.8) is 0 Å². The number of nitrogens with one attached hydrogen (secondary N) is 1. The smallest absolute Gasteiger partial charge is 0.241 e. The molecule has 0 bridgehead atoms. The lowest BCUT2D eigenvalue weighted by Crippen LogP contribution is -2.34. The van der Waals surface area contributed by atoms with Crippen molar-refractivity contribution in [1.29, 1.82) is 5.26 Å². The van der Waals surface area contributed by atoms with E-state index >= 15 is 0 Å². The van der Waals surface area contributed by atoms with Gasteiger partial charge in [0.05, 0.1) is 17.7 Å². The first-order valence-corrected chi connectivity index (χ1v) is 6.97. The second-order valence-electron chi connectivity index (χ2n) is 4.77. The van der Waals surface area contributed by atoms with E-state index in [0.29, 0.717) is 29.2 Å². The second-order valence-corrected chi connectivity index (χ2v) is 4.77. The molecule has 0 aliphatic heterocycles. The van der Waals surface area contributed by atoms with Gasteiger partial charge in [-0.2, -0.15) is 5.26 Å². The van der Waals surface area contributed by atoms with Crippen LogP contribution in [0.1, 0.15) is 18.9 Å².